The van der Waals surface area contributed by atoms with Crippen LogP contribution in [0.1, 0.15) is 40.6 Å². The summed E-state index contributed by atoms with van der Waals surface area (Å²) in [4.78, 5) is 8.07. The summed E-state index contributed by atoms with van der Waals surface area (Å²) in [6.45, 7) is -4.26. The number of hydrogen-bond acceptors (Lipinski definition) is 2. The van der Waals surface area contributed by atoms with Crippen molar-refractivity contribution in [2.75, 3.05) is 0 Å². The number of benzene rings is 1. The van der Waals surface area contributed by atoms with Crippen molar-refractivity contribution >= 4 is 0 Å². The summed E-state index contributed by atoms with van der Waals surface area (Å²) in [5.41, 5.74) is 4.03. The normalized spacial score (nSPS) is 17.0. The highest BCUT2D eigenvalue weighted by atomic mass is 14.9. The first-order valence-electron chi connectivity index (χ1n) is 10.8. The molecule has 3 heteroatoms. The quantitative estimate of drug-likeness (QED) is 0.683. The minimum atomic E-state index is -3.13. The van der Waals surface area contributed by atoms with E-state index < -0.39 is 25.4 Å². The Morgan fingerprint density at radius 3 is 2.78 bits per heavy atom. The summed E-state index contributed by atoms with van der Waals surface area (Å²) in [7, 11) is 1.91. The highest BCUT2D eigenvalue weighted by molar-refractivity contribution is 5.68. The zero-order valence-corrected chi connectivity index (χ0v) is 13.0. The van der Waals surface area contributed by atoms with Crippen LogP contribution in [0.2, 0.25) is 0 Å². The molecule has 0 N–H and O–H groups in total. The van der Waals surface area contributed by atoms with E-state index in [1.54, 1.807) is 12.1 Å². The maximum Gasteiger partial charge on any atom is 0.213 e. The first-order valence-corrected chi connectivity index (χ1v) is 7.26. The molecule has 2 aromatic heterocycles. The van der Waals surface area contributed by atoms with Gasteiger partial charge in [-0.25, -0.2) is 14.5 Å². The lowest BCUT2D eigenvalue weighted by Gasteiger charge is -2.08. The van der Waals surface area contributed by atoms with Gasteiger partial charge in [0.2, 0.25) is 5.69 Å². The lowest BCUT2D eigenvalue weighted by molar-refractivity contribution is -0.660. The summed E-state index contributed by atoms with van der Waals surface area (Å²) >= 11 is 0. The Kier molecular flexibility index (Phi) is 2.44. The van der Waals surface area contributed by atoms with Crippen LogP contribution >= 0.6 is 0 Å². The largest absolute Gasteiger partial charge is 0.241 e. The van der Waals surface area contributed by atoms with Gasteiger partial charge in [-0.05, 0) is 24.6 Å². The van der Waals surface area contributed by atoms with Crippen LogP contribution in [0.4, 0.5) is 0 Å². The van der Waals surface area contributed by atoms with Crippen molar-refractivity contribution in [2.45, 2.75) is 26.5 Å². The van der Waals surface area contributed by atoms with Gasteiger partial charge in [-0.15, -0.1) is 0 Å². The summed E-state index contributed by atoms with van der Waals surface area (Å²) in [6, 6.07) is 13.2. The summed E-state index contributed by atoms with van der Waals surface area (Å²) in [5.74, 6) is -3.49. The van der Waals surface area contributed by atoms with Gasteiger partial charge in [0.05, 0.1) is 5.69 Å². The Bertz CT molecular complexity index is 1060. The molecule has 0 saturated heterocycles. The molecule has 0 amide bonds. The molecule has 0 fully saturated rings. The molecule has 0 saturated carbocycles. The number of aromatic nitrogens is 3. The fourth-order valence-electron chi connectivity index (χ4n) is 2.50. The second kappa shape index (κ2) is 6.29. The molecule has 3 nitrogen and oxygen atoms in total. The number of aryl methyl sites for hydroxylation is 2. The number of nitrogens with zero attached hydrogens (tertiary/aromatic N) is 3. The molecule has 0 unspecified atom stereocenters. The molecule has 0 aliphatic rings. The monoisotopic (exact) mass is 311 g/mol. The maximum absolute atomic E-state index is 8.31. The first kappa shape index (κ1) is 8.92. The van der Waals surface area contributed by atoms with Crippen LogP contribution < -0.4 is 4.57 Å². The van der Waals surface area contributed by atoms with Gasteiger partial charge in [0.15, 0.2) is 6.20 Å². The van der Waals surface area contributed by atoms with E-state index in [4.69, 9.17) is 9.60 Å². The molecule has 0 radical (unpaired) electrons. The third kappa shape index (κ3) is 3.14. The van der Waals surface area contributed by atoms with Gasteiger partial charge in [0.25, 0.3) is 0 Å². The molecule has 1 aromatic carbocycles. The van der Waals surface area contributed by atoms with Crippen LogP contribution in [-0.2, 0) is 7.05 Å². The fraction of sp³-hybridized carbons (Fsp3) is 0.250. The van der Waals surface area contributed by atoms with E-state index in [0.29, 0.717) is 11.3 Å². The Morgan fingerprint density at radius 1 is 1.17 bits per heavy atom. The van der Waals surface area contributed by atoms with Gasteiger partial charge in [-0.3, -0.25) is 0 Å². The second-order valence-corrected chi connectivity index (χ2v) is 5.37. The SMILES string of the molecule is [2H]C([2H])([2H])C([2H])(c1nccc(-c2cc[n+](C)c(-c3ccccc3C)c2)n1)C([2H])([2H])[2H]. The van der Waals surface area contributed by atoms with E-state index in [0.717, 1.165) is 16.8 Å². The van der Waals surface area contributed by atoms with Crippen LogP contribution in [0.5, 0.6) is 0 Å². The molecular formula is C20H22N3+. The Hall–Kier alpha value is -2.55. The Balaban J connectivity index is 2.16. The molecule has 2 heterocycles. The highest BCUT2D eigenvalue weighted by Crippen LogP contribution is 2.25. The van der Waals surface area contributed by atoms with E-state index in [1.807, 2.05) is 55.1 Å². The summed E-state index contributed by atoms with van der Waals surface area (Å²) in [5, 5.41) is 0. The fourth-order valence-corrected chi connectivity index (χ4v) is 2.50. The zero-order valence-electron chi connectivity index (χ0n) is 20.0. The van der Waals surface area contributed by atoms with Gasteiger partial charge in [0, 0.05) is 44.9 Å². The van der Waals surface area contributed by atoms with Crippen LogP contribution in [0.25, 0.3) is 22.5 Å². The maximum atomic E-state index is 8.31. The smallest absolute Gasteiger partial charge is 0.213 e. The van der Waals surface area contributed by atoms with Gasteiger partial charge < -0.3 is 0 Å². The lowest BCUT2D eigenvalue weighted by atomic mass is 10.0. The average molecular weight is 311 g/mol. The highest BCUT2D eigenvalue weighted by Gasteiger charge is 2.14. The van der Waals surface area contributed by atoms with Crippen molar-refractivity contribution < 1.29 is 14.2 Å². The van der Waals surface area contributed by atoms with E-state index in [9.17, 15) is 0 Å². The van der Waals surface area contributed by atoms with Gasteiger partial charge >= 0.3 is 0 Å². The van der Waals surface area contributed by atoms with E-state index in [-0.39, 0.29) is 0 Å². The summed E-state index contributed by atoms with van der Waals surface area (Å²) < 4.78 is 56.2. The molecule has 0 bridgehead atoms. The third-order valence-electron chi connectivity index (χ3n) is 3.75. The second-order valence-electron chi connectivity index (χ2n) is 5.37. The molecule has 0 aliphatic heterocycles. The van der Waals surface area contributed by atoms with Crippen molar-refractivity contribution in [3.05, 3.63) is 66.2 Å². The van der Waals surface area contributed by atoms with E-state index >= 15 is 0 Å². The first-order chi connectivity index (χ1) is 13.9. The van der Waals surface area contributed by atoms with Crippen molar-refractivity contribution in [3.8, 4) is 22.5 Å². The minimum Gasteiger partial charge on any atom is -0.241 e. The van der Waals surface area contributed by atoms with E-state index in [2.05, 4.69) is 9.97 Å². The standard InChI is InChI=1S/C20H22N3/c1-14(2)20-21-11-9-18(22-20)16-10-12-23(4)19(13-16)17-8-6-5-7-15(17)3/h5-14H,1-4H3/q+1/i1D3,2D3,14D. The van der Waals surface area contributed by atoms with Crippen molar-refractivity contribution in [1.29, 1.82) is 0 Å². The van der Waals surface area contributed by atoms with Crippen LogP contribution in [0, 0.1) is 6.92 Å². The van der Waals surface area contributed by atoms with Crippen molar-refractivity contribution in [1.82, 2.24) is 9.97 Å². The molecule has 23 heavy (non-hydrogen) atoms. The minimum absolute atomic E-state index is 0.348. The topological polar surface area (TPSA) is 29.7 Å². The van der Waals surface area contributed by atoms with Gasteiger partial charge in [0.1, 0.15) is 12.9 Å². The summed E-state index contributed by atoms with van der Waals surface area (Å²) in [6.07, 6.45) is 3.14. The predicted octanol–water partition coefficient (Wildman–Crippen LogP) is 4.07. The van der Waals surface area contributed by atoms with E-state index in [1.165, 1.54) is 6.20 Å². The van der Waals surface area contributed by atoms with Gasteiger partial charge in [-0.1, -0.05) is 31.9 Å². The number of pyridine rings is 1. The number of rotatable bonds is 3. The number of hydrogen-bond donors (Lipinski definition) is 0. The van der Waals surface area contributed by atoms with Crippen LogP contribution in [-0.4, -0.2) is 9.97 Å². The molecule has 0 spiro atoms. The van der Waals surface area contributed by atoms with Gasteiger partial charge in [-0.2, -0.15) is 0 Å². The van der Waals surface area contributed by atoms with Crippen LogP contribution in [0.3, 0.4) is 0 Å². The van der Waals surface area contributed by atoms with Crippen molar-refractivity contribution in [2.24, 2.45) is 7.05 Å². The predicted molar refractivity (Wildman–Crippen MR) is 92.9 cm³/mol. The zero-order chi connectivity index (χ0) is 22.3. The third-order valence-corrected chi connectivity index (χ3v) is 3.75. The molecule has 0 atom stereocenters. The molecule has 3 rings (SSSR count). The van der Waals surface area contributed by atoms with Crippen LogP contribution in [0.15, 0.2) is 54.9 Å². The Morgan fingerprint density at radius 2 is 2.00 bits per heavy atom. The average Bonchev–Trinajstić information content (AvgIpc) is 2.67. The Labute approximate surface area is 147 Å². The molecule has 3 aromatic rings. The molecular weight excluding hydrogens is 282 g/mol. The molecule has 0 aliphatic carbocycles. The lowest BCUT2D eigenvalue weighted by Crippen LogP contribution is -2.30. The molecule has 116 valence electrons. The van der Waals surface area contributed by atoms with Crippen molar-refractivity contribution in [3.63, 3.8) is 0 Å².